The van der Waals surface area contributed by atoms with E-state index in [2.05, 4.69) is 5.21 Å². The average Bonchev–Trinajstić information content (AvgIpc) is 2.13. The smallest absolute Gasteiger partial charge is 0.184 e. The Bertz CT molecular complexity index is 179. The lowest BCUT2D eigenvalue weighted by molar-refractivity contribution is -0.732. The highest BCUT2D eigenvalue weighted by atomic mass is 17.0. The fourth-order valence-electron chi connectivity index (χ4n) is 0.387. The highest BCUT2D eigenvalue weighted by molar-refractivity contribution is 4.54. The van der Waals surface area contributed by atoms with Crippen molar-refractivity contribution in [2.24, 2.45) is 7.05 Å². The molecule has 0 atom stereocenters. The highest BCUT2D eigenvalue weighted by Gasteiger charge is 1.90. The summed E-state index contributed by atoms with van der Waals surface area (Å²) in [6.07, 6.45) is 3.43. The molecule has 64 valence electrons. The van der Waals surface area contributed by atoms with Gasteiger partial charge in [0.1, 0.15) is 12.3 Å². The first-order valence-corrected chi connectivity index (χ1v) is 2.56. The van der Waals surface area contributed by atoms with E-state index in [0.717, 1.165) is 0 Å². The van der Waals surface area contributed by atoms with Crippen LogP contribution in [0.25, 0.3) is 0 Å². The maximum absolute atomic E-state index is 7.00. The van der Waals surface area contributed by atoms with Crippen LogP contribution in [0.2, 0.25) is 0 Å². The van der Waals surface area contributed by atoms with Crippen molar-refractivity contribution in [3.8, 4) is 0 Å². The summed E-state index contributed by atoms with van der Waals surface area (Å²) < 4.78 is 1.62. The van der Waals surface area contributed by atoms with E-state index in [0.29, 0.717) is 0 Å². The molecular weight excluding hydrogens is 154 g/mol. The Hall–Kier alpha value is -1.22. The lowest BCUT2D eigenvalue weighted by Gasteiger charge is -1.84. The lowest BCUT2D eigenvalue weighted by atomic mass is 10.9. The Balaban J connectivity index is 0.000000218. The van der Waals surface area contributed by atoms with Crippen LogP contribution in [-0.4, -0.2) is 31.0 Å². The van der Waals surface area contributed by atoms with E-state index in [1.807, 2.05) is 7.05 Å². The predicted molar refractivity (Wildman–Crippen MR) is 30.8 cm³/mol. The van der Waals surface area contributed by atoms with Gasteiger partial charge in [-0.1, -0.05) is 0 Å². The zero-order chi connectivity index (χ0) is 8.85. The summed E-state index contributed by atoms with van der Waals surface area (Å²) >= 11 is 0. The molecule has 0 saturated heterocycles. The van der Waals surface area contributed by atoms with Crippen LogP contribution in [0.1, 0.15) is 0 Å². The molecule has 11 heavy (non-hydrogen) atoms. The van der Waals surface area contributed by atoms with Crippen molar-refractivity contribution in [2.75, 3.05) is 5.84 Å². The van der Waals surface area contributed by atoms with Crippen LogP contribution in [0.15, 0.2) is 12.4 Å². The van der Waals surface area contributed by atoms with Crippen LogP contribution in [0, 0.1) is 0 Å². The van der Waals surface area contributed by atoms with Crippen LogP contribution in [0.5, 0.6) is 0 Å². The Morgan fingerprint density at radius 2 is 2.00 bits per heavy atom. The van der Waals surface area contributed by atoms with E-state index in [-0.39, 0.29) is 0 Å². The number of nitrogen functional groups attached to an aromatic ring is 1. The molecule has 0 bridgehead atoms. The molecule has 8 heteroatoms. The largest absolute Gasteiger partial charge is 0.266 e. The molecule has 0 unspecified atom stereocenters. The van der Waals surface area contributed by atoms with Gasteiger partial charge < -0.3 is 0 Å². The van der Waals surface area contributed by atoms with Gasteiger partial charge in [0, 0.05) is 0 Å². The summed E-state index contributed by atoms with van der Waals surface area (Å²) in [5.41, 5.74) is 0. The summed E-state index contributed by atoms with van der Waals surface area (Å²) in [6, 6.07) is 0. The van der Waals surface area contributed by atoms with Crippen molar-refractivity contribution < 1.29 is 20.3 Å². The molecular formula is C3H10N5O3+. The SMILES string of the molecule is C[n+]1ccn(N)n1.ON(O)O. The molecule has 1 heterocycles. The Kier molecular flexibility index (Phi) is 4.07. The van der Waals surface area contributed by atoms with Crippen LogP contribution >= 0.6 is 0 Å². The maximum Gasteiger partial charge on any atom is 0.184 e. The zero-order valence-electron chi connectivity index (χ0n) is 5.86. The number of hydrogen-bond donors (Lipinski definition) is 4. The molecule has 1 rings (SSSR count). The van der Waals surface area contributed by atoms with Crippen molar-refractivity contribution in [3.63, 3.8) is 0 Å². The van der Waals surface area contributed by atoms with Crippen LogP contribution in [0.3, 0.4) is 0 Å². The molecule has 0 saturated carbocycles. The molecule has 0 aromatic carbocycles. The number of hydrogen-bond acceptors (Lipinski definition) is 6. The first kappa shape index (κ1) is 9.78. The van der Waals surface area contributed by atoms with Gasteiger partial charge in [0.05, 0.1) is 5.39 Å². The van der Waals surface area contributed by atoms with Gasteiger partial charge in [-0.3, -0.25) is 15.6 Å². The number of rotatable bonds is 0. The minimum Gasteiger partial charge on any atom is -0.266 e. The molecule has 5 N–H and O–H groups in total. The topological polar surface area (TPSA) is 112 Å². The minimum atomic E-state index is -1.00. The first-order chi connectivity index (χ1) is 5.02. The number of nitrogens with two attached hydrogens (primary N) is 1. The molecule has 0 aliphatic carbocycles. The van der Waals surface area contributed by atoms with Gasteiger partial charge >= 0.3 is 0 Å². The summed E-state index contributed by atoms with van der Waals surface area (Å²) in [5, 5.41) is 23.7. The van der Waals surface area contributed by atoms with Gasteiger partial charge in [-0.2, -0.15) is 0 Å². The Morgan fingerprint density at radius 3 is 2.09 bits per heavy atom. The number of aryl methyl sites for hydroxylation is 1. The summed E-state index contributed by atoms with van der Waals surface area (Å²) in [5.74, 6) is 5.16. The minimum absolute atomic E-state index is 1.00. The second-order valence-corrected chi connectivity index (χ2v) is 1.61. The monoisotopic (exact) mass is 164 g/mol. The predicted octanol–water partition coefficient (Wildman–Crippen LogP) is -2.12. The molecule has 1 aromatic heterocycles. The van der Waals surface area contributed by atoms with E-state index < -0.39 is 5.39 Å². The Morgan fingerprint density at radius 1 is 1.55 bits per heavy atom. The molecule has 0 spiro atoms. The van der Waals surface area contributed by atoms with Crippen molar-refractivity contribution in [1.82, 2.24) is 15.4 Å². The molecule has 0 aliphatic heterocycles. The summed E-state index contributed by atoms with van der Waals surface area (Å²) in [4.78, 5) is 1.25. The van der Waals surface area contributed by atoms with E-state index in [1.54, 1.807) is 17.1 Å². The number of aromatic nitrogens is 3. The van der Waals surface area contributed by atoms with Crippen molar-refractivity contribution in [3.05, 3.63) is 12.4 Å². The standard InChI is InChI=1S/C3H7N4.H3NO3/c1-6-2-3-7(4)5-6;2-1(3)4/h2-3H,1H3,(H2,4,5);2-4H/q+1;. The van der Waals surface area contributed by atoms with Gasteiger partial charge in [0.2, 0.25) is 0 Å². The number of nitrogens with zero attached hydrogens (tertiary/aromatic N) is 4. The molecule has 0 fully saturated rings. The van der Waals surface area contributed by atoms with Gasteiger partial charge in [0.15, 0.2) is 12.4 Å². The molecule has 0 aliphatic rings. The van der Waals surface area contributed by atoms with Crippen molar-refractivity contribution in [2.45, 2.75) is 0 Å². The maximum atomic E-state index is 7.00. The third-order valence-electron chi connectivity index (χ3n) is 0.679. The normalized spacial score (nSPS) is 9.18. The average molecular weight is 164 g/mol. The van der Waals surface area contributed by atoms with Crippen molar-refractivity contribution in [1.29, 1.82) is 0 Å². The first-order valence-electron chi connectivity index (χ1n) is 2.56. The van der Waals surface area contributed by atoms with Crippen LogP contribution in [-0.2, 0) is 7.05 Å². The lowest BCUT2D eigenvalue weighted by Crippen LogP contribution is -2.31. The highest BCUT2D eigenvalue weighted by Crippen LogP contribution is 1.60. The fourth-order valence-corrected chi connectivity index (χ4v) is 0.387. The van der Waals surface area contributed by atoms with Gasteiger partial charge in [-0.25, -0.2) is 5.84 Å². The van der Waals surface area contributed by atoms with Crippen LogP contribution < -0.4 is 10.5 Å². The van der Waals surface area contributed by atoms with Crippen molar-refractivity contribution >= 4 is 0 Å². The fraction of sp³-hybridized carbons (Fsp3) is 0.333. The third kappa shape index (κ3) is 6.67. The van der Waals surface area contributed by atoms with E-state index in [4.69, 9.17) is 21.5 Å². The molecule has 0 amide bonds. The van der Waals surface area contributed by atoms with Crippen LogP contribution in [0.4, 0.5) is 0 Å². The molecule has 1 aromatic rings. The third-order valence-corrected chi connectivity index (χ3v) is 0.679. The molecule has 8 nitrogen and oxygen atoms in total. The van der Waals surface area contributed by atoms with E-state index >= 15 is 0 Å². The van der Waals surface area contributed by atoms with Gasteiger partial charge in [0.25, 0.3) is 0 Å². The summed E-state index contributed by atoms with van der Waals surface area (Å²) in [6.45, 7) is 0. The summed E-state index contributed by atoms with van der Waals surface area (Å²) in [7, 11) is 1.81. The molecule has 0 radical (unpaired) electrons. The Labute approximate surface area is 62.1 Å². The zero-order valence-corrected chi connectivity index (χ0v) is 5.86. The van der Waals surface area contributed by atoms with Gasteiger partial charge in [-0.15, -0.1) is 4.68 Å². The van der Waals surface area contributed by atoms with Gasteiger partial charge in [-0.05, 0) is 4.79 Å². The second kappa shape index (κ2) is 4.57. The van der Waals surface area contributed by atoms with E-state index in [9.17, 15) is 0 Å². The van der Waals surface area contributed by atoms with E-state index in [1.165, 1.54) is 4.79 Å². The second-order valence-electron chi connectivity index (χ2n) is 1.61. The quantitative estimate of drug-likeness (QED) is 0.198.